The predicted molar refractivity (Wildman–Crippen MR) is 81.8 cm³/mol. The lowest BCUT2D eigenvalue weighted by molar-refractivity contribution is -0.144. The summed E-state index contributed by atoms with van der Waals surface area (Å²) in [5.74, 6) is 0.318. The van der Waals surface area contributed by atoms with Gasteiger partial charge in [-0.3, -0.25) is 4.79 Å². The fourth-order valence-corrected chi connectivity index (χ4v) is 2.43. The van der Waals surface area contributed by atoms with Gasteiger partial charge in [-0.2, -0.15) is 0 Å². The molecule has 1 unspecified atom stereocenters. The quantitative estimate of drug-likeness (QED) is 0.767. The second-order valence-electron chi connectivity index (χ2n) is 4.79. The zero-order valence-corrected chi connectivity index (χ0v) is 13.5. The van der Waals surface area contributed by atoms with Crippen LogP contribution in [0.2, 0.25) is 0 Å². The summed E-state index contributed by atoms with van der Waals surface area (Å²) in [6.07, 6.45) is 3.74. The average molecular weight is 321 g/mol. The highest BCUT2D eigenvalue weighted by Gasteiger charge is 2.33. The summed E-state index contributed by atoms with van der Waals surface area (Å²) < 4.78 is 20.5. The first-order valence-corrected chi connectivity index (χ1v) is 6.94. The van der Waals surface area contributed by atoms with Crippen LogP contribution in [0.15, 0.2) is 24.4 Å². The molecule has 7 nitrogen and oxygen atoms in total. The van der Waals surface area contributed by atoms with E-state index in [0.29, 0.717) is 29.2 Å². The number of hydrogen-bond acceptors (Lipinski definition) is 6. The maximum absolute atomic E-state index is 12.7. The zero-order chi connectivity index (χ0) is 17.0. The molecule has 0 N–H and O–H groups in total. The van der Waals surface area contributed by atoms with Gasteiger partial charge < -0.3 is 23.8 Å². The average Bonchev–Trinajstić information content (AvgIpc) is 3.08. The van der Waals surface area contributed by atoms with Crippen molar-refractivity contribution < 1.29 is 28.5 Å². The second kappa shape index (κ2) is 7.04. The molecule has 1 aliphatic rings. The topological polar surface area (TPSA) is 74.3 Å². The van der Waals surface area contributed by atoms with Crippen LogP contribution in [-0.4, -0.2) is 51.3 Å². The molecular formula is C16H19NO6. The van der Waals surface area contributed by atoms with Crippen molar-refractivity contribution in [2.45, 2.75) is 12.5 Å². The van der Waals surface area contributed by atoms with E-state index in [9.17, 15) is 9.59 Å². The summed E-state index contributed by atoms with van der Waals surface area (Å²) >= 11 is 0. The number of ether oxygens (including phenoxy) is 4. The molecule has 1 aliphatic heterocycles. The highest BCUT2D eigenvalue weighted by molar-refractivity contribution is 5.99. The molecule has 0 saturated heterocycles. The van der Waals surface area contributed by atoms with Crippen LogP contribution in [-0.2, 0) is 9.53 Å². The summed E-state index contributed by atoms with van der Waals surface area (Å²) in [5.41, 5.74) is 0.319. The summed E-state index contributed by atoms with van der Waals surface area (Å²) in [7, 11) is 5.72. The molecule has 1 aromatic rings. The van der Waals surface area contributed by atoms with Crippen molar-refractivity contribution in [3.05, 3.63) is 30.0 Å². The van der Waals surface area contributed by atoms with E-state index in [0.717, 1.165) is 0 Å². The molecule has 1 heterocycles. The molecule has 124 valence electrons. The van der Waals surface area contributed by atoms with Crippen molar-refractivity contribution in [2.24, 2.45) is 0 Å². The first kappa shape index (κ1) is 16.7. The van der Waals surface area contributed by atoms with Gasteiger partial charge in [-0.05, 0) is 18.6 Å². The van der Waals surface area contributed by atoms with E-state index in [1.807, 2.05) is 0 Å². The predicted octanol–water partition coefficient (Wildman–Crippen LogP) is 1.61. The van der Waals surface area contributed by atoms with Gasteiger partial charge in [0.15, 0.2) is 11.5 Å². The number of carbonyl (C=O) groups is 2. The lowest BCUT2D eigenvalue weighted by Gasteiger charge is -2.22. The molecule has 1 amide bonds. The zero-order valence-electron chi connectivity index (χ0n) is 13.5. The molecule has 7 heteroatoms. The number of methoxy groups -OCH3 is 4. The van der Waals surface area contributed by atoms with Crippen LogP contribution in [0.1, 0.15) is 16.8 Å². The summed E-state index contributed by atoms with van der Waals surface area (Å²) in [4.78, 5) is 25.8. The Kier molecular flexibility index (Phi) is 5.10. The van der Waals surface area contributed by atoms with Gasteiger partial charge in [0.05, 0.1) is 28.4 Å². The lowest BCUT2D eigenvalue weighted by atomic mass is 10.1. The Hall–Kier alpha value is -2.70. The van der Waals surface area contributed by atoms with Crippen molar-refractivity contribution >= 4 is 11.9 Å². The van der Waals surface area contributed by atoms with E-state index in [1.54, 1.807) is 24.4 Å². The van der Waals surface area contributed by atoms with Crippen molar-refractivity contribution in [2.75, 3.05) is 28.4 Å². The molecule has 2 rings (SSSR count). The van der Waals surface area contributed by atoms with Crippen LogP contribution in [0.3, 0.4) is 0 Å². The Balaban J connectivity index is 2.39. The van der Waals surface area contributed by atoms with Crippen LogP contribution in [0.5, 0.6) is 17.2 Å². The minimum atomic E-state index is -0.661. The van der Waals surface area contributed by atoms with Gasteiger partial charge in [-0.15, -0.1) is 0 Å². The highest BCUT2D eigenvalue weighted by Crippen LogP contribution is 2.38. The highest BCUT2D eigenvalue weighted by atomic mass is 16.5. The third-order valence-corrected chi connectivity index (χ3v) is 3.58. The Morgan fingerprint density at radius 2 is 1.65 bits per heavy atom. The van der Waals surface area contributed by atoms with Crippen molar-refractivity contribution in [1.82, 2.24) is 4.90 Å². The van der Waals surface area contributed by atoms with Crippen molar-refractivity contribution in [1.29, 1.82) is 0 Å². The number of hydrogen-bond donors (Lipinski definition) is 0. The van der Waals surface area contributed by atoms with Gasteiger partial charge in [0.1, 0.15) is 6.04 Å². The van der Waals surface area contributed by atoms with Crippen molar-refractivity contribution in [3.63, 3.8) is 0 Å². The molecule has 0 fully saturated rings. The molecule has 1 atom stereocenters. The SMILES string of the molecule is COC(=O)C1CC=CN1C(=O)c1cc(OC)c(OC)c(OC)c1. The van der Waals surface area contributed by atoms with E-state index in [-0.39, 0.29) is 5.91 Å². The molecule has 0 radical (unpaired) electrons. The molecule has 0 spiro atoms. The maximum Gasteiger partial charge on any atom is 0.329 e. The number of amides is 1. The number of carbonyl (C=O) groups excluding carboxylic acids is 2. The van der Waals surface area contributed by atoms with E-state index < -0.39 is 12.0 Å². The minimum absolute atomic E-state index is 0.319. The molecule has 0 bridgehead atoms. The minimum Gasteiger partial charge on any atom is -0.493 e. The normalized spacial score (nSPS) is 16.2. The Morgan fingerprint density at radius 3 is 2.13 bits per heavy atom. The lowest BCUT2D eigenvalue weighted by Crippen LogP contribution is -2.39. The number of nitrogens with zero attached hydrogens (tertiary/aromatic N) is 1. The fourth-order valence-electron chi connectivity index (χ4n) is 2.43. The van der Waals surface area contributed by atoms with Gasteiger partial charge in [0.2, 0.25) is 5.75 Å². The maximum atomic E-state index is 12.7. The molecule has 0 saturated carbocycles. The van der Waals surface area contributed by atoms with Crippen LogP contribution < -0.4 is 14.2 Å². The third kappa shape index (κ3) is 3.08. The summed E-state index contributed by atoms with van der Waals surface area (Å²) in [5, 5.41) is 0. The van der Waals surface area contributed by atoms with Gasteiger partial charge in [0, 0.05) is 11.8 Å². The van der Waals surface area contributed by atoms with Gasteiger partial charge in [-0.1, -0.05) is 6.08 Å². The van der Waals surface area contributed by atoms with Gasteiger partial charge >= 0.3 is 5.97 Å². The van der Waals surface area contributed by atoms with Gasteiger partial charge in [0.25, 0.3) is 5.91 Å². The second-order valence-corrected chi connectivity index (χ2v) is 4.79. The summed E-state index contributed by atoms with van der Waals surface area (Å²) in [6.45, 7) is 0. The first-order valence-electron chi connectivity index (χ1n) is 6.94. The molecule has 0 aliphatic carbocycles. The molecule has 23 heavy (non-hydrogen) atoms. The molecular weight excluding hydrogens is 302 g/mol. The van der Waals surface area contributed by atoms with Crippen molar-refractivity contribution in [3.8, 4) is 17.2 Å². The summed E-state index contributed by atoms with van der Waals surface area (Å²) in [6, 6.07) is 2.43. The van der Waals surface area contributed by atoms with Gasteiger partial charge in [-0.25, -0.2) is 4.79 Å². The Morgan fingerprint density at radius 1 is 1.04 bits per heavy atom. The van der Waals surface area contributed by atoms with Crippen LogP contribution in [0.25, 0.3) is 0 Å². The van der Waals surface area contributed by atoms with Crippen LogP contribution >= 0.6 is 0 Å². The van der Waals surface area contributed by atoms with E-state index in [2.05, 4.69) is 0 Å². The fraction of sp³-hybridized carbons (Fsp3) is 0.375. The molecule has 0 aromatic heterocycles. The van der Waals surface area contributed by atoms with Crippen LogP contribution in [0.4, 0.5) is 0 Å². The standard InChI is InChI=1S/C16H19NO6/c1-20-12-8-10(9-13(21-2)14(12)22-3)15(18)17-7-5-6-11(17)16(19)23-4/h5,7-9,11H,6H2,1-4H3. The molecule has 1 aromatic carbocycles. The van der Waals surface area contributed by atoms with E-state index in [4.69, 9.17) is 18.9 Å². The van der Waals surface area contributed by atoms with Crippen LogP contribution in [0, 0.1) is 0 Å². The monoisotopic (exact) mass is 321 g/mol. The smallest absolute Gasteiger partial charge is 0.329 e. The van der Waals surface area contributed by atoms with E-state index >= 15 is 0 Å². The first-order chi connectivity index (χ1) is 11.1. The number of esters is 1. The largest absolute Gasteiger partial charge is 0.493 e. The van der Waals surface area contributed by atoms with E-state index in [1.165, 1.54) is 33.3 Å². The number of benzene rings is 1. The Bertz CT molecular complexity index is 614. The third-order valence-electron chi connectivity index (χ3n) is 3.58. The number of rotatable bonds is 5. The Labute approximate surface area is 134 Å².